The summed E-state index contributed by atoms with van der Waals surface area (Å²) in [6.07, 6.45) is 4.95. The summed E-state index contributed by atoms with van der Waals surface area (Å²) in [7, 11) is 0. The van der Waals surface area contributed by atoms with Gasteiger partial charge in [-0.05, 0) is 37.3 Å². The minimum atomic E-state index is -0.548. The van der Waals surface area contributed by atoms with Gasteiger partial charge in [0, 0.05) is 18.1 Å². The number of nitrogens with one attached hydrogen (secondary N) is 1. The molecule has 0 aliphatic rings. The first-order chi connectivity index (χ1) is 15.0. The topological polar surface area (TPSA) is 147 Å². The molecule has 0 aliphatic carbocycles. The molecule has 0 radical (unpaired) electrons. The van der Waals surface area contributed by atoms with Crippen LogP contribution in [0.4, 0.5) is 23.3 Å². The zero-order valence-electron chi connectivity index (χ0n) is 16.7. The van der Waals surface area contributed by atoms with Crippen molar-refractivity contribution < 1.29 is 9.53 Å². The average Bonchev–Trinajstić information content (AvgIpc) is 3.28. The number of carbonyl (C=O) groups is 1. The standard InChI is InChI=1S/C21H20N8O2/c1-13-2-5-15(6-3-13)25-21-27-18(26-20(23)28-21)11-31-19(30)14-4-7-16(22)17(10-14)29-9-8-24-12-29/h2-10,12H,11,22H2,1H3,(H3,23,25,26,27,28). The Labute approximate surface area is 177 Å². The first-order valence-corrected chi connectivity index (χ1v) is 9.37. The Morgan fingerprint density at radius 1 is 1.10 bits per heavy atom. The fourth-order valence-electron chi connectivity index (χ4n) is 2.83. The number of nitrogens with zero attached hydrogens (tertiary/aromatic N) is 5. The fraction of sp³-hybridized carbons (Fsp3) is 0.0952. The van der Waals surface area contributed by atoms with E-state index in [1.54, 1.807) is 41.5 Å². The molecule has 10 heteroatoms. The molecule has 5 N–H and O–H groups in total. The monoisotopic (exact) mass is 416 g/mol. The quantitative estimate of drug-likeness (QED) is 0.319. The Kier molecular flexibility index (Phi) is 5.43. The molecule has 0 bridgehead atoms. The van der Waals surface area contributed by atoms with Crippen LogP contribution in [0.1, 0.15) is 21.7 Å². The van der Waals surface area contributed by atoms with Crippen molar-refractivity contribution in [2.45, 2.75) is 13.5 Å². The summed E-state index contributed by atoms with van der Waals surface area (Å²) in [5.41, 5.74) is 15.2. The van der Waals surface area contributed by atoms with Crippen LogP contribution in [-0.4, -0.2) is 30.5 Å². The maximum atomic E-state index is 12.5. The first kappa shape index (κ1) is 19.8. The number of aromatic nitrogens is 5. The molecule has 2 aromatic heterocycles. The zero-order valence-corrected chi connectivity index (χ0v) is 16.7. The van der Waals surface area contributed by atoms with Crippen molar-refractivity contribution in [1.29, 1.82) is 0 Å². The van der Waals surface area contributed by atoms with E-state index >= 15 is 0 Å². The largest absolute Gasteiger partial charge is 0.454 e. The van der Waals surface area contributed by atoms with Crippen LogP contribution in [0, 0.1) is 6.92 Å². The van der Waals surface area contributed by atoms with Crippen LogP contribution in [0.5, 0.6) is 0 Å². The van der Waals surface area contributed by atoms with E-state index in [0.29, 0.717) is 16.9 Å². The summed E-state index contributed by atoms with van der Waals surface area (Å²) in [5, 5.41) is 3.06. The van der Waals surface area contributed by atoms with Crippen molar-refractivity contribution in [3.05, 3.63) is 78.1 Å². The SMILES string of the molecule is Cc1ccc(Nc2nc(N)nc(COC(=O)c3ccc(N)c(-n4ccnc4)c3)n2)cc1. The number of anilines is 4. The van der Waals surface area contributed by atoms with E-state index < -0.39 is 5.97 Å². The van der Waals surface area contributed by atoms with Gasteiger partial charge in [0.05, 0.1) is 23.3 Å². The van der Waals surface area contributed by atoms with Gasteiger partial charge in [-0.2, -0.15) is 15.0 Å². The number of ether oxygens (including phenoxy) is 1. The number of imidazole rings is 1. The molecule has 156 valence electrons. The maximum absolute atomic E-state index is 12.5. The number of rotatable bonds is 6. The average molecular weight is 416 g/mol. The molecule has 4 rings (SSSR count). The number of hydrogen-bond acceptors (Lipinski definition) is 9. The molecule has 4 aromatic rings. The lowest BCUT2D eigenvalue weighted by Gasteiger charge is -2.10. The second-order valence-corrected chi connectivity index (χ2v) is 6.74. The zero-order chi connectivity index (χ0) is 21.8. The van der Waals surface area contributed by atoms with Crippen LogP contribution in [0.25, 0.3) is 5.69 Å². The summed E-state index contributed by atoms with van der Waals surface area (Å²) < 4.78 is 7.07. The van der Waals surface area contributed by atoms with Crippen molar-refractivity contribution in [3.8, 4) is 5.69 Å². The highest BCUT2D eigenvalue weighted by Crippen LogP contribution is 2.20. The van der Waals surface area contributed by atoms with Crippen LogP contribution in [-0.2, 0) is 11.3 Å². The van der Waals surface area contributed by atoms with Gasteiger partial charge in [0.25, 0.3) is 0 Å². The van der Waals surface area contributed by atoms with Crippen LogP contribution in [0.15, 0.2) is 61.2 Å². The molecular formula is C21H20N8O2. The van der Waals surface area contributed by atoms with Crippen molar-refractivity contribution in [3.63, 3.8) is 0 Å². The highest BCUT2D eigenvalue weighted by atomic mass is 16.5. The smallest absolute Gasteiger partial charge is 0.338 e. The molecule has 0 saturated carbocycles. The third kappa shape index (κ3) is 4.75. The molecule has 0 amide bonds. The third-order valence-electron chi connectivity index (χ3n) is 4.39. The third-order valence-corrected chi connectivity index (χ3v) is 4.39. The second kappa shape index (κ2) is 8.49. The van der Waals surface area contributed by atoms with Crippen molar-refractivity contribution in [1.82, 2.24) is 24.5 Å². The summed E-state index contributed by atoms with van der Waals surface area (Å²) in [6, 6.07) is 12.6. The molecular weight excluding hydrogens is 396 g/mol. The fourth-order valence-corrected chi connectivity index (χ4v) is 2.83. The lowest BCUT2D eigenvalue weighted by Crippen LogP contribution is -2.12. The number of nitrogens with two attached hydrogens (primary N) is 2. The molecule has 2 heterocycles. The lowest BCUT2D eigenvalue weighted by atomic mass is 10.1. The summed E-state index contributed by atoms with van der Waals surface area (Å²) in [5.74, 6) is -0.0445. The van der Waals surface area contributed by atoms with Gasteiger partial charge < -0.3 is 26.1 Å². The molecule has 0 unspecified atom stereocenters. The molecule has 10 nitrogen and oxygen atoms in total. The van der Waals surface area contributed by atoms with E-state index in [4.69, 9.17) is 16.2 Å². The Bertz CT molecular complexity index is 1210. The van der Waals surface area contributed by atoms with E-state index in [9.17, 15) is 4.79 Å². The predicted molar refractivity (Wildman–Crippen MR) is 116 cm³/mol. The van der Waals surface area contributed by atoms with E-state index in [2.05, 4.69) is 25.3 Å². The minimum Gasteiger partial charge on any atom is -0.454 e. The molecule has 0 saturated heterocycles. The van der Waals surface area contributed by atoms with Crippen LogP contribution in [0.3, 0.4) is 0 Å². The van der Waals surface area contributed by atoms with Gasteiger partial charge >= 0.3 is 5.97 Å². The summed E-state index contributed by atoms with van der Waals surface area (Å²) in [4.78, 5) is 28.9. The van der Waals surface area contributed by atoms with Gasteiger partial charge in [0.1, 0.15) is 0 Å². The number of nitrogen functional groups attached to an aromatic ring is 2. The summed E-state index contributed by atoms with van der Waals surface area (Å²) in [6.45, 7) is 1.83. The number of esters is 1. The predicted octanol–water partition coefficient (Wildman–Crippen LogP) is 2.63. The van der Waals surface area contributed by atoms with Gasteiger partial charge in [0.2, 0.25) is 11.9 Å². The highest BCUT2D eigenvalue weighted by molar-refractivity contribution is 5.91. The molecule has 0 spiro atoms. The van der Waals surface area contributed by atoms with Gasteiger partial charge in [0.15, 0.2) is 12.4 Å². The highest BCUT2D eigenvalue weighted by Gasteiger charge is 2.13. The molecule has 2 aromatic carbocycles. The maximum Gasteiger partial charge on any atom is 0.338 e. The molecule has 0 fully saturated rings. The van der Waals surface area contributed by atoms with Crippen molar-refractivity contribution >= 4 is 29.2 Å². The van der Waals surface area contributed by atoms with Crippen LogP contribution < -0.4 is 16.8 Å². The number of benzene rings is 2. The normalized spacial score (nSPS) is 10.6. The van der Waals surface area contributed by atoms with E-state index in [1.807, 2.05) is 31.2 Å². The van der Waals surface area contributed by atoms with Gasteiger partial charge in [-0.3, -0.25) is 0 Å². The van der Waals surface area contributed by atoms with Gasteiger partial charge in [-0.1, -0.05) is 17.7 Å². The van der Waals surface area contributed by atoms with Crippen LogP contribution >= 0.6 is 0 Å². The molecule has 31 heavy (non-hydrogen) atoms. The molecule has 0 atom stereocenters. The van der Waals surface area contributed by atoms with E-state index in [0.717, 1.165) is 11.3 Å². The van der Waals surface area contributed by atoms with Gasteiger partial charge in [-0.25, -0.2) is 9.78 Å². The van der Waals surface area contributed by atoms with E-state index in [1.165, 1.54) is 0 Å². The van der Waals surface area contributed by atoms with Crippen LogP contribution in [0.2, 0.25) is 0 Å². The Balaban J connectivity index is 1.46. The molecule has 0 aliphatic heterocycles. The number of hydrogen-bond donors (Lipinski definition) is 3. The van der Waals surface area contributed by atoms with E-state index in [-0.39, 0.29) is 24.3 Å². The number of carbonyl (C=O) groups excluding carboxylic acids is 1. The second-order valence-electron chi connectivity index (χ2n) is 6.74. The lowest BCUT2D eigenvalue weighted by molar-refractivity contribution is 0.0462. The Hall–Kier alpha value is -4.47. The van der Waals surface area contributed by atoms with Crippen molar-refractivity contribution in [2.24, 2.45) is 0 Å². The number of aryl methyl sites for hydroxylation is 1. The minimum absolute atomic E-state index is 0.0190. The first-order valence-electron chi connectivity index (χ1n) is 9.37. The van der Waals surface area contributed by atoms with Crippen molar-refractivity contribution in [2.75, 3.05) is 16.8 Å². The summed E-state index contributed by atoms with van der Waals surface area (Å²) >= 11 is 0. The van der Waals surface area contributed by atoms with Gasteiger partial charge in [-0.15, -0.1) is 0 Å². The Morgan fingerprint density at radius 2 is 1.90 bits per heavy atom. The Morgan fingerprint density at radius 3 is 2.65 bits per heavy atom.